The average molecular weight is 442 g/mol. The number of anilines is 1. The van der Waals surface area contributed by atoms with E-state index < -0.39 is 0 Å². The van der Waals surface area contributed by atoms with Gasteiger partial charge in [0.05, 0.1) is 0 Å². The normalized spacial score (nSPS) is 18.2. The molecule has 0 radical (unpaired) electrons. The second-order valence-electron chi connectivity index (χ2n) is 8.62. The fraction of sp³-hybridized carbons (Fsp3) is 0.542. The summed E-state index contributed by atoms with van der Waals surface area (Å²) in [5, 5.41) is 4.10. The van der Waals surface area contributed by atoms with Crippen LogP contribution in [0, 0.1) is 6.92 Å². The molecule has 2 aromatic rings. The third kappa shape index (κ3) is 5.55. The maximum atomic E-state index is 13.2. The number of nitrogens with zero attached hydrogens (tertiary/aromatic N) is 4. The highest BCUT2D eigenvalue weighted by Gasteiger charge is 2.29. The molecule has 7 heteroatoms. The Morgan fingerprint density at radius 2 is 1.77 bits per heavy atom. The van der Waals surface area contributed by atoms with Gasteiger partial charge >= 0.3 is 0 Å². The third-order valence-corrected chi connectivity index (χ3v) is 6.82. The predicted molar refractivity (Wildman–Crippen MR) is 125 cm³/mol. The van der Waals surface area contributed by atoms with Crippen LogP contribution in [0.1, 0.15) is 53.7 Å². The van der Waals surface area contributed by atoms with Crippen LogP contribution in [-0.4, -0.2) is 64.4 Å². The summed E-state index contributed by atoms with van der Waals surface area (Å²) < 4.78 is 0. The summed E-state index contributed by atoms with van der Waals surface area (Å²) in [6, 6.07) is 8.48. The van der Waals surface area contributed by atoms with Crippen molar-refractivity contribution < 1.29 is 4.79 Å². The zero-order valence-corrected chi connectivity index (χ0v) is 19.1. The summed E-state index contributed by atoms with van der Waals surface area (Å²) >= 11 is 5.95. The van der Waals surface area contributed by atoms with Gasteiger partial charge in [-0.2, -0.15) is 0 Å². The topological polar surface area (TPSA) is 61.4 Å². The minimum atomic E-state index is 0.0257. The first kappa shape index (κ1) is 22.0. The van der Waals surface area contributed by atoms with Crippen LogP contribution in [-0.2, 0) is 6.42 Å². The molecule has 1 amide bonds. The van der Waals surface area contributed by atoms with Gasteiger partial charge in [0, 0.05) is 36.3 Å². The summed E-state index contributed by atoms with van der Waals surface area (Å²) in [6.45, 7) is 6.71. The number of halogens is 1. The maximum absolute atomic E-state index is 13.2. The number of piperidine rings is 2. The van der Waals surface area contributed by atoms with Gasteiger partial charge in [-0.3, -0.25) is 4.79 Å². The number of carbonyl (C=O) groups is 1. The number of amides is 1. The monoisotopic (exact) mass is 441 g/mol. The highest BCUT2D eigenvalue weighted by molar-refractivity contribution is 6.30. The van der Waals surface area contributed by atoms with Gasteiger partial charge in [0.15, 0.2) is 0 Å². The van der Waals surface area contributed by atoms with Gasteiger partial charge in [-0.1, -0.05) is 30.2 Å². The Morgan fingerprint density at radius 1 is 1.06 bits per heavy atom. The lowest BCUT2D eigenvalue weighted by atomic mass is 9.99. The molecule has 3 heterocycles. The van der Waals surface area contributed by atoms with E-state index in [9.17, 15) is 4.79 Å². The number of carbonyl (C=O) groups excluding carboxylic acids is 1. The lowest BCUT2D eigenvalue weighted by Crippen LogP contribution is -2.48. The second kappa shape index (κ2) is 10.4. The van der Waals surface area contributed by atoms with Crippen LogP contribution in [0.15, 0.2) is 30.6 Å². The number of aromatic nitrogens is 2. The molecule has 6 nitrogen and oxygen atoms in total. The van der Waals surface area contributed by atoms with Crippen LogP contribution in [0.5, 0.6) is 0 Å². The number of hydrogen-bond acceptors (Lipinski definition) is 5. The van der Waals surface area contributed by atoms with Crippen molar-refractivity contribution in [2.75, 3.05) is 38.0 Å². The summed E-state index contributed by atoms with van der Waals surface area (Å²) in [7, 11) is 0. The van der Waals surface area contributed by atoms with Crippen molar-refractivity contribution in [2.45, 2.75) is 51.5 Å². The molecule has 1 aromatic carbocycles. The minimum Gasteiger partial charge on any atom is -0.369 e. The van der Waals surface area contributed by atoms with Crippen LogP contribution in [0.25, 0.3) is 0 Å². The molecule has 1 aromatic heterocycles. The molecule has 0 unspecified atom stereocenters. The van der Waals surface area contributed by atoms with Crippen molar-refractivity contribution in [3.63, 3.8) is 0 Å². The smallest absolute Gasteiger partial charge is 0.272 e. The van der Waals surface area contributed by atoms with Crippen LogP contribution in [0.3, 0.4) is 0 Å². The molecule has 4 rings (SSSR count). The molecule has 31 heavy (non-hydrogen) atoms. The zero-order valence-electron chi connectivity index (χ0n) is 18.3. The number of benzene rings is 1. The standard InChI is InChI=1S/C24H32ClN5O/c1-18-22(24(31)30-15-10-21(11-16-30)29-13-3-2-4-14-29)27-17-28-23(18)26-12-9-19-5-7-20(25)8-6-19/h5-8,17,21H,2-4,9-16H2,1H3,(H,26,27,28). The Morgan fingerprint density at radius 3 is 2.48 bits per heavy atom. The number of rotatable bonds is 6. The Hall–Kier alpha value is -2.18. The first-order valence-electron chi connectivity index (χ1n) is 11.4. The highest BCUT2D eigenvalue weighted by Crippen LogP contribution is 2.23. The molecule has 166 valence electrons. The molecule has 2 aliphatic heterocycles. The number of nitrogens with one attached hydrogen (secondary N) is 1. The van der Waals surface area contributed by atoms with Gasteiger partial charge in [-0.15, -0.1) is 0 Å². The van der Waals surface area contributed by atoms with Gasteiger partial charge in [-0.05, 0) is 69.8 Å². The Labute approximate surface area is 190 Å². The summed E-state index contributed by atoms with van der Waals surface area (Å²) in [5.74, 6) is 0.758. The predicted octanol–water partition coefficient (Wildman–Crippen LogP) is 4.18. The van der Waals surface area contributed by atoms with Gasteiger partial charge < -0.3 is 15.1 Å². The Bertz CT molecular complexity index is 874. The minimum absolute atomic E-state index is 0.0257. The van der Waals surface area contributed by atoms with Crippen molar-refractivity contribution >= 4 is 23.3 Å². The molecule has 2 fully saturated rings. The van der Waals surface area contributed by atoms with E-state index in [1.807, 2.05) is 36.1 Å². The van der Waals surface area contributed by atoms with E-state index in [0.29, 0.717) is 11.7 Å². The van der Waals surface area contributed by atoms with Gasteiger partial charge in [-0.25, -0.2) is 9.97 Å². The van der Waals surface area contributed by atoms with E-state index in [1.165, 1.54) is 44.2 Å². The molecular formula is C24H32ClN5O. The number of likely N-dealkylation sites (tertiary alicyclic amines) is 2. The van der Waals surface area contributed by atoms with Crippen LogP contribution < -0.4 is 5.32 Å². The average Bonchev–Trinajstić information content (AvgIpc) is 2.82. The molecule has 2 aliphatic rings. The molecule has 0 aliphatic carbocycles. The van der Waals surface area contributed by atoms with Crippen LogP contribution in [0.4, 0.5) is 5.82 Å². The van der Waals surface area contributed by atoms with Crippen molar-refractivity contribution in [2.24, 2.45) is 0 Å². The van der Waals surface area contributed by atoms with Crippen molar-refractivity contribution in [3.05, 3.63) is 52.4 Å². The van der Waals surface area contributed by atoms with Crippen LogP contribution >= 0.6 is 11.6 Å². The van der Waals surface area contributed by atoms with Crippen molar-refractivity contribution in [1.29, 1.82) is 0 Å². The summed E-state index contributed by atoms with van der Waals surface area (Å²) in [5.41, 5.74) is 2.54. The lowest BCUT2D eigenvalue weighted by molar-refractivity contribution is 0.0584. The van der Waals surface area contributed by atoms with Crippen molar-refractivity contribution in [1.82, 2.24) is 19.8 Å². The number of hydrogen-bond donors (Lipinski definition) is 1. The molecule has 0 saturated carbocycles. The Balaban J connectivity index is 1.32. The van der Waals surface area contributed by atoms with E-state index in [-0.39, 0.29) is 5.91 Å². The largest absolute Gasteiger partial charge is 0.369 e. The quantitative estimate of drug-likeness (QED) is 0.728. The van der Waals surface area contributed by atoms with Crippen molar-refractivity contribution in [3.8, 4) is 0 Å². The maximum Gasteiger partial charge on any atom is 0.272 e. The Kier molecular flexibility index (Phi) is 7.41. The van der Waals surface area contributed by atoms with E-state index in [2.05, 4.69) is 20.2 Å². The van der Waals surface area contributed by atoms with Gasteiger partial charge in [0.25, 0.3) is 5.91 Å². The first-order valence-corrected chi connectivity index (χ1v) is 11.8. The fourth-order valence-electron chi connectivity index (χ4n) is 4.69. The zero-order chi connectivity index (χ0) is 21.6. The fourth-order valence-corrected chi connectivity index (χ4v) is 4.81. The molecular weight excluding hydrogens is 410 g/mol. The first-order chi connectivity index (χ1) is 15.1. The molecule has 1 N–H and O–H groups in total. The van der Waals surface area contributed by atoms with Crippen LogP contribution in [0.2, 0.25) is 5.02 Å². The summed E-state index contributed by atoms with van der Waals surface area (Å²) in [4.78, 5) is 26.5. The lowest BCUT2D eigenvalue weighted by Gasteiger charge is -2.40. The molecule has 0 bridgehead atoms. The molecule has 0 spiro atoms. The molecule has 0 atom stereocenters. The third-order valence-electron chi connectivity index (χ3n) is 6.56. The van der Waals surface area contributed by atoms with E-state index in [1.54, 1.807) is 0 Å². The van der Waals surface area contributed by atoms with E-state index in [0.717, 1.165) is 55.3 Å². The SMILES string of the molecule is Cc1c(NCCc2ccc(Cl)cc2)ncnc1C(=O)N1CCC(N2CCCCC2)CC1. The molecule has 2 saturated heterocycles. The second-order valence-corrected chi connectivity index (χ2v) is 9.06. The van der Waals surface area contributed by atoms with Gasteiger partial charge in [0.2, 0.25) is 0 Å². The highest BCUT2D eigenvalue weighted by atomic mass is 35.5. The van der Waals surface area contributed by atoms with E-state index >= 15 is 0 Å². The van der Waals surface area contributed by atoms with Gasteiger partial charge in [0.1, 0.15) is 17.8 Å². The summed E-state index contributed by atoms with van der Waals surface area (Å²) in [6.07, 6.45) is 8.44. The van der Waals surface area contributed by atoms with E-state index in [4.69, 9.17) is 11.6 Å².